The molecule has 0 unspecified atom stereocenters. The summed E-state index contributed by atoms with van der Waals surface area (Å²) in [6.07, 6.45) is -12.1. The Balaban J connectivity index is 2.36. The van der Waals surface area contributed by atoms with Gasteiger partial charge in [0.25, 0.3) is 5.60 Å². The summed E-state index contributed by atoms with van der Waals surface area (Å²) in [6.45, 7) is -2.19. The monoisotopic (exact) mass is 386 g/mol. The van der Waals surface area contributed by atoms with E-state index in [1.54, 1.807) is 0 Å². The highest BCUT2D eigenvalue weighted by atomic mass is 19.4. The van der Waals surface area contributed by atoms with E-state index in [2.05, 4.69) is 9.15 Å². The van der Waals surface area contributed by atoms with Crippen molar-refractivity contribution in [1.82, 2.24) is 0 Å². The highest BCUT2D eigenvalue weighted by Gasteiger charge is 2.71. The number of ether oxygens (including phenoxy) is 1. The van der Waals surface area contributed by atoms with Crippen LogP contribution in [0, 0.1) is 0 Å². The molecular formula is C14H8F6O6. The van der Waals surface area contributed by atoms with Crippen molar-refractivity contribution in [2.75, 3.05) is 6.61 Å². The Hall–Kier alpha value is -2.76. The minimum atomic E-state index is -6.05. The zero-order valence-electron chi connectivity index (χ0n) is 12.3. The van der Waals surface area contributed by atoms with Gasteiger partial charge in [0, 0.05) is 11.5 Å². The number of halogens is 6. The lowest BCUT2D eigenvalue weighted by atomic mass is 10.0. The minimum Gasteiger partial charge on any atom is -0.490 e. The molecule has 12 heteroatoms. The van der Waals surface area contributed by atoms with Gasteiger partial charge >= 0.3 is 23.9 Å². The molecule has 0 amide bonds. The van der Waals surface area contributed by atoms with Gasteiger partial charge in [-0.3, -0.25) is 0 Å². The van der Waals surface area contributed by atoms with Crippen LogP contribution in [0.15, 0.2) is 33.5 Å². The Labute approximate surface area is 139 Å². The Bertz CT molecular complexity index is 883. The fourth-order valence-electron chi connectivity index (χ4n) is 1.84. The third-order valence-corrected chi connectivity index (χ3v) is 3.32. The van der Waals surface area contributed by atoms with Crippen LogP contribution >= 0.6 is 0 Å². The van der Waals surface area contributed by atoms with Crippen molar-refractivity contribution in [3.63, 3.8) is 0 Å². The average Bonchev–Trinajstić information content (AvgIpc) is 2.49. The van der Waals surface area contributed by atoms with E-state index in [9.17, 15) is 35.9 Å². The fourth-order valence-corrected chi connectivity index (χ4v) is 1.84. The van der Waals surface area contributed by atoms with Crippen LogP contribution in [-0.2, 0) is 0 Å². The Morgan fingerprint density at radius 2 is 1.65 bits per heavy atom. The van der Waals surface area contributed by atoms with E-state index < -0.39 is 47.5 Å². The number of benzene rings is 1. The summed E-state index contributed by atoms with van der Waals surface area (Å²) in [6, 6.07) is 3.67. The van der Waals surface area contributed by atoms with Crippen molar-refractivity contribution in [1.29, 1.82) is 0 Å². The smallest absolute Gasteiger partial charge is 0.429 e. The molecule has 0 radical (unpaired) electrons. The fraction of sp³-hybridized carbons (Fsp3) is 0.286. The summed E-state index contributed by atoms with van der Waals surface area (Å²) >= 11 is 0. The van der Waals surface area contributed by atoms with Crippen molar-refractivity contribution >= 4 is 16.9 Å². The quantitative estimate of drug-likeness (QED) is 0.620. The highest BCUT2D eigenvalue weighted by molar-refractivity contribution is 5.91. The van der Waals surface area contributed by atoms with E-state index in [1.165, 1.54) is 0 Å². The predicted molar refractivity (Wildman–Crippen MR) is 72.0 cm³/mol. The van der Waals surface area contributed by atoms with E-state index in [4.69, 9.17) is 10.2 Å². The second-order valence-corrected chi connectivity index (χ2v) is 5.10. The van der Waals surface area contributed by atoms with Crippen LogP contribution in [0.2, 0.25) is 0 Å². The molecule has 2 N–H and O–H groups in total. The topological polar surface area (TPSA) is 97.0 Å². The van der Waals surface area contributed by atoms with Gasteiger partial charge in [0.05, 0.1) is 0 Å². The first-order chi connectivity index (χ1) is 11.8. The number of rotatable bonds is 4. The first-order valence-electron chi connectivity index (χ1n) is 6.56. The number of aromatic carboxylic acids is 1. The second kappa shape index (κ2) is 6.20. The van der Waals surface area contributed by atoms with Gasteiger partial charge < -0.3 is 19.4 Å². The summed E-state index contributed by atoms with van der Waals surface area (Å²) in [7, 11) is 0. The maximum atomic E-state index is 12.6. The molecule has 26 heavy (non-hydrogen) atoms. The normalized spacial score (nSPS) is 13.0. The standard InChI is InChI=1S/C14H8F6O6/c15-13(16,17)12(24,14(18,19)20)5-25-7-2-1-6-3-8(10(21)22)11(23)26-9(6)4-7/h1-4,24H,5H2,(H,21,22). The van der Waals surface area contributed by atoms with E-state index in [0.29, 0.717) is 0 Å². The molecule has 142 valence electrons. The summed E-state index contributed by atoms with van der Waals surface area (Å²) in [5.74, 6) is -2.16. The Kier molecular flexibility index (Phi) is 4.66. The molecule has 0 fully saturated rings. The van der Waals surface area contributed by atoms with Crippen molar-refractivity contribution < 1.29 is 50.5 Å². The SMILES string of the molecule is O=C(O)c1cc2ccc(OCC(O)(C(F)(F)F)C(F)(F)F)cc2oc1=O. The van der Waals surface area contributed by atoms with E-state index in [-0.39, 0.29) is 11.0 Å². The number of carboxylic acid groups (broad SMARTS) is 1. The van der Waals surface area contributed by atoms with Gasteiger partial charge in [-0.15, -0.1) is 0 Å². The summed E-state index contributed by atoms with van der Waals surface area (Å²) in [4.78, 5) is 22.2. The van der Waals surface area contributed by atoms with Crippen molar-refractivity contribution in [3.05, 3.63) is 40.2 Å². The number of aliphatic hydroxyl groups is 1. The molecule has 1 heterocycles. The molecule has 0 spiro atoms. The third-order valence-electron chi connectivity index (χ3n) is 3.32. The lowest BCUT2D eigenvalue weighted by Crippen LogP contribution is -2.60. The largest absolute Gasteiger partial charge is 0.490 e. The van der Waals surface area contributed by atoms with Gasteiger partial charge in [0.1, 0.15) is 23.5 Å². The van der Waals surface area contributed by atoms with Gasteiger partial charge in [-0.2, -0.15) is 26.3 Å². The first kappa shape index (κ1) is 19.6. The number of fused-ring (bicyclic) bond motifs is 1. The molecule has 1 aromatic carbocycles. The number of carboxylic acids is 1. The summed E-state index contributed by atoms with van der Waals surface area (Å²) in [5, 5.41) is 17.8. The average molecular weight is 386 g/mol. The van der Waals surface area contributed by atoms with Gasteiger partial charge in [-0.05, 0) is 18.2 Å². The first-order valence-corrected chi connectivity index (χ1v) is 6.56. The number of alkyl halides is 6. The van der Waals surface area contributed by atoms with Crippen LogP contribution in [0.4, 0.5) is 26.3 Å². The molecule has 0 aliphatic carbocycles. The lowest BCUT2D eigenvalue weighted by Gasteiger charge is -2.31. The van der Waals surface area contributed by atoms with Crippen LogP contribution in [0.1, 0.15) is 10.4 Å². The van der Waals surface area contributed by atoms with Gasteiger partial charge in [0.15, 0.2) is 0 Å². The number of hydrogen-bond donors (Lipinski definition) is 2. The molecule has 0 bridgehead atoms. The summed E-state index contributed by atoms with van der Waals surface area (Å²) in [5.41, 5.74) is -7.43. The molecule has 2 rings (SSSR count). The van der Waals surface area contributed by atoms with Crippen LogP contribution in [-0.4, -0.2) is 40.7 Å². The van der Waals surface area contributed by atoms with Crippen molar-refractivity contribution in [2.24, 2.45) is 0 Å². The van der Waals surface area contributed by atoms with Crippen LogP contribution < -0.4 is 10.4 Å². The van der Waals surface area contributed by atoms with Gasteiger partial charge in [0.2, 0.25) is 0 Å². The van der Waals surface area contributed by atoms with Crippen molar-refractivity contribution in [2.45, 2.75) is 18.0 Å². The molecule has 0 saturated carbocycles. The molecule has 6 nitrogen and oxygen atoms in total. The predicted octanol–water partition coefficient (Wildman–Crippen LogP) is 2.73. The molecular weight excluding hydrogens is 378 g/mol. The van der Waals surface area contributed by atoms with E-state index in [1.807, 2.05) is 0 Å². The van der Waals surface area contributed by atoms with Crippen LogP contribution in [0.5, 0.6) is 5.75 Å². The highest BCUT2D eigenvalue weighted by Crippen LogP contribution is 2.43. The third kappa shape index (κ3) is 3.45. The van der Waals surface area contributed by atoms with Gasteiger partial charge in [-0.1, -0.05) is 0 Å². The number of carbonyl (C=O) groups is 1. The minimum absolute atomic E-state index is 0.0382. The van der Waals surface area contributed by atoms with Gasteiger partial charge in [-0.25, -0.2) is 9.59 Å². The zero-order valence-corrected chi connectivity index (χ0v) is 12.3. The molecule has 0 aliphatic heterocycles. The molecule has 0 aliphatic rings. The Morgan fingerprint density at radius 3 is 2.15 bits per heavy atom. The lowest BCUT2D eigenvalue weighted by molar-refractivity contribution is -0.373. The van der Waals surface area contributed by atoms with E-state index in [0.717, 1.165) is 24.3 Å². The molecule has 2 aromatic rings. The number of hydrogen-bond acceptors (Lipinski definition) is 5. The maximum absolute atomic E-state index is 12.6. The summed E-state index contributed by atoms with van der Waals surface area (Å²) < 4.78 is 84.4. The Morgan fingerprint density at radius 1 is 1.08 bits per heavy atom. The van der Waals surface area contributed by atoms with Crippen LogP contribution in [0.25, 0.3) is 11.0 Å². The van der Waals surface area contributed by atoms with E-state index >= 15 is 0 Å². The van der Waals surface area contributed by atoms with Crippen LogP contribution in [0.3, 0.4) is 0 Å². The van der Waals surface area contributed by atoms with Crippen molar-refractivity contribution in [3.8, 4) is 5.75 Å². The molecule has 0 saturated heterocycles. The molecule has 0 atom stereocenters. The molecule has 1 aromatic heterocycles. The zero-order chi connectivity index (χ0) is 19.9. The second-order valence-electron chi connectivity index (χ2n) is 5.10. The maximum Gasteiger partial charge on any atom is 0.429 e.